The Bertz CT molecular complexity index is 1110. The summed E-state index contributed by atoms with van der Waals surface area (Å²) in [5.74, 6) is 2.05. The molecule has 0 bridgehead atoms. The van der Waals surface area contributed by atoms with E-state index in [-0.39, 0.29) is 11.5 Å². The van der Waals surface area contributed by atoms with Gasteiger partial charge in [-0.05, 0) is 115 Å². The number of rotatable bonds is 6. The van der Waals surface area contributed by atoms with Gasteiger partial charge in [0.25, 0.3) is 0 Å². The average Bonchev–Trinajstić information content (AvgIpc) is 3.13. The van der Waals surface area contributed by atoms with Crippen LogP contribution in [0.3, 0.4) is 0 Å². The van der Waals surface area contributed by atoms with Crippen molar-refractivity contribution in [3.8, 4) is 5.75 Å². The maximum Gasteiger partial charge on any atom is 0.240 e. The van der Waals surface area contributed by atoms with E-state index in [4.69, 9.17) is 0 Å². The molecule has 0 unspecified atom stereocenters. The van der Waals surface area contributed by atoms with E-state index in [2.05, 4.69) is 24.6 Å². The van der Waals surface area contributed by atoms with Gasteiger partial charge in [-0.25, -0.2) is 13.1 Å². The fraction of sp³-hybridized carbons (Fsp3) is 0.571. The van der Waals surface area contributed by atoms with E-state index in [1.807, 2.05) is 24.3 Å². The van der Waals surface area contributed by atoms with Crippen molar-refractivity contribution in [2.45, 2.75) is 88.5 Å². The van der Waals surface area contributed by atoms with Gasteiger partial charge in [-0.2, -0.15) is 0 Å². The minimum absolute atomic E-state index is 0.00370. The Kier molecular flexibility index (Phi) is 6.07. The molecule has 0 aromatic heterocycles. The molecule has 33 heavy (non-hydrogen) atoms. The normalized spacial score (nSPS) is 31.0. The molecular formula is C28H37NO3S. The third-order valence-corrected chi connectivity index (χ3v) is 10.5. The Morgan fingerprint density at radius 1 is 1.06 bits per heavy atom. The first kappa shape index (κ1) is 22.9. The SMILES string of the molecule is CCCCc1ccc(S(=O)(=O)N[C@H]2CC[C@H]3[C@@H]4CCc5cc(O)ccc5[C@H]4CC[C@]23C)cc1. The number of phenolic OH excluding ortho intramolecular Hbond substituents is 1. The molecule has 4 nitrogen and oxygen atoms in total. The van der Waals surface area contributed by atoms with Crippen LogP contribution >= 0.6 is 0 Å². The van der Waals surface area contributed by atoms with Gasteiger partial charge in [-0.15, -0.1) is 0 Å². The lowest BCUT2D eigenvalue weighted by Crippen LogP contribution is -2.50. The molecule has 0 spiro atoms. The van der Waals surface area contributed by atoms with E-state index < -0.39 is 10.0 Å². The average molecular weight is 468 g/mol. The van der Waals surface area contributed by atoms with Crippen LogP contribution in [0.2, 0.25) is 0 Å². The highest BCUT2D eigenvalue weighted by molar-refractivity contribution is 7.89. The fourth-order valence-corrected chi connectivity index (χ4v) is 8.63. The van der Waals surface area contributed by atoms with E-state index in [9.17, 15) is 13.5 Å². The van der Waals surface area contributed by atoms with E-state index in [0.717, 1.165) is 57.8 Å². The summed E-state index contributed by atoms with van der Waals surface area (Å²) >= 11 is 0. The first-order valence-electron chi connectivity index (χ1n) is 12.7. The van der Waals surface area contributed by atoms with E-state index >= 15 is 0 Å². The van der Waals surface area contributed by atoms with E-state index in [1.54, 1.807) is 12.1 Å². The van der Waals surface area contributed by atoms with Gasteiger partial charge in [-0.1, -0.05) is 38.5 Å². The minimum Gasteiger partial charge on any atom is -0.508 e. The van der Waals surface area contributed by atoms with Crippen molar-refractivity contribution in [1.29, 1.82) is 0 Å². The quantitative estimate of drug-likeness (QED) is 0.553. The second-order valence-corrected chi connectivity index (χ2v) is 12.6. The highest BCUT2D eigenvalue weighted by Crippen LogP contribution is 2.61. The monoisotopic (exact) mass is 467 g/mol. The number of phenols is 1. The topological polar surface area (TPSA) is 66.4 Å². The summed E-state index contributed by atoms with van der Waals surface area (Å²) in [6.45, 7) is 4.50. The van der Waals surface area contributed by atoms with Gasteiger partial charge >= 0.3 is 0 Å². The number of aryl methyl sites for hydroxylation is 2. The number of unbranched alkanes of at least 4 members (excludes halogenated alkanes) is 1. The molecule has 3 aliphatic carbocycles. The summed E-state index contributed by atoms with van der Waals surface area (Å²) in [6.07, 6.45) is 9.56. The second-order valence-electron chi connectivity index (χ2n) is 10.8. The largest absolute Gasteiger partial charge is 0.508 e. The molecule has 0 aliphatic heterocycles. The molecule has 0 amide bonds. The van der Waals surface area contributed by atoms with Crippen molar-refractivity contribution < 1.29 is 13.5 Å². The van der Waals surface area contributed by atoms with Crippen molar-refractivity contribution >= 4 is 10.0 Å². The zero-order valence-electron chi connectivity index (χ0n) is 19.9. The molecular weight excluding hydrogens is 430 g/mol. The number of hydrogen-bond donors (Lipinski definition) is 2. The van der Waals surface area contributed by atoms with Crippen molar-refractivity contribution in [3.63, 3.8) is 0 Å². The number of aromatic hydroxyl groups is 1. The molecule has 5 atom stereocenters. The van der Waals surface area contributed by atoms with Crippen molar-refractivity contribution in [3.05, 3.63) is 59.2 Å². The van der Waals surface area contributed by atoms with Crippen molar-refractivity contribution in [2.24, 2.45) is 17.3 Å². The molecule has 2 N–H and O–H groups in total. The smallest absolute Gasteiger partial charge is 0.240 e. The molecule has 3 aliphatic rings. The Labute approximate surface area is 198 Å². The van der Waals surface area contributed by atoms with Gasteiger partial charge in [0.2, 0.25) is 10.0 Å². The zero-order chi connectivity index (χ0) is 23.2. The summed E-state index contributed by atoms with van der Waals surface area (Å²) in [7, 11) is -3.53. The maximum absolute atomic E-state index is 13.3. The van der Waals surface area contributed by atoms with Crippen LogP contribution in [0.5, 0.6) is 5.75 Å². The predicted molar refractivity (Wildman–Crippen MR) is 132 cm³/mol. The summed E-state index contributed by atoms with van der Waals surface area (Å²) in [4.78, 5) is 0.384. The first-order chi connectivity index (χ1) is 15.8. The van der Waals surface area contributed by atoms with Gasteiger partial charge in [-0.3, -0.25) is 0 Å². The summed E-state index contributed by atoms with van der Waals surface area (Å²) in [6, 6.07) is 13.4. The molecule has 178 valence electrons. The van der Waals surface area contributed by atoms with Crippen LogP contribution in [-0.4, -0.2) is 19.6 Å². The lowest BCUT2D eigenvalue weighted by molar-refractivity contribution is 0.0462. The molecule has 2 fully saturated rings. The molecule has 5 heteroatoms. The first-order valence-corrected chi connectivity index (χ1v) is 14.2. The van der Waals surface area contributed by atoms with Gasteiger partial charge < -0.3 is 5.11 Å². The van der Waals surface area contributed by atoms with Crippen molar-refractivity contribution in [2.75, 3.05) is 0 Å². The van der Waals surface area contributed by atoms with Crippen LogP contribution in [0.1, 0.15) is 81.4 Å². The number of sulfonamides is 1. The predicted octanol–water partition coefficient (Wildman–Crippen LogP) is 5.94. The fourth-order valence-electron chi connectivity index (χ4n) is 7.23. The third kappa shape index (κ3) is 4.12. The Morgan fingerprint density at radius 3 is 2.61 bits per heavy atom. The Balaban J connectivity index is 1.33. The number of nitrogens with one attached hydrogen (secondary N) is 1. The van der Waals surface area contributed by atoms with Crippen LogP contribution in [0.25, 0.3) is 0 Å². The molecule has 0 heterocycles. The number of hydrogen-bond acceptors (Lipinski definition) is 3. The summed E-state index contributed by atoms with van der Waals surface area (Å²) < 4.78 is 29.7. The van der Waals surface area contributed by atoms with Gasteiger partial charge in [0.15, 0.2) is 0 Å². The van der Waals surface area contributed by atoms with Crippen LogP contribution in [0.15, 0.2) is 47.4 Å². The Hall–Kier alpha value is -1.85. The van der Waals surface area contributed by atoms with Gasteiger partial charge in [0.05, 0.1) is 4.90 Å². The second kappa shape index (κ2) is 8.74. The lowest BCUT2D eigenvalue weighted by Gasteiger charge is -2.51. The van der Waals surface area contributed by atoms with Crippen LogP contribution in [0, 0.1) is 17.3 Å². The van der Waals surface area contributed by atoms with Crippen LogP contribution < -0.4 is 4.72 Å². The third-order valence-electron chi connectivity index (χ3n) is 9.06. The molecule has 2 aromatic carbocycles. The highest BCUT2D eigenvalue weighted by atomic mass is 32.2. The Morgan fingerprint density at radius 2 is 1.85 bits per heavy atom. The van der Waals surface area contributed by atoms with E-state index in [1.165, 1.54) is 16.7 Å². The van der Waals surface area contributed by atoms with Crippen LogP contribution in [0.4, 0.5) is 0 Å². The zero-order valence-corrected chi connectivity index (χ0v) is 20.7. The van der Waals surface area contributed by atoms with Crippen LogP contribution in [-0.2, 0) is 22.9 Å². The minimum atomic E-state index is -3.53. The standard InChI is InChI=1S/C28H37NO3S/c1-3-4-5-19-6-10-22(11-7-19)33(31,32)29-27-15-14-26-25-12-8-20-18-21(30)9-13-23(20)24(25)16-17-28(26,27)2/h6-7,9-11,13,18,24-27,29-30H,3-5,8,12,14-17H2,1-2H3/t24-,25-,26+,27+,28+/m1/s1. The molecule has 5 rings (SSSR count). The molecule has 0 saturated heterocycles. The summed E-state index contributed by atoms with van der Waals surface area (Å²) in [5, 5.41) is 9.90. The molecule has 2 aromatic rings. The molecule has 0 radical (unpaired) electrons. The highest BCUT2D eigenvalue weighted by Gasteiger charge is 2.55. The summed E-state index contributed by atoms with van der Waals surface area (Å²) in [5.41, 5.74) is 3.92. The van der Waals surface area contributed by atoms with Gasteiger partial charge in [0, 0.05) is 6.04 Å². The number of benzene rings is 2. The van der Waals surface area contributed by atoms with Crippen molar-refractivity contribution in [1.82, 2.24) is 4.72 Å². The number of fused-ring (bicyclic) bond motifs is 5. The van der Waals surface area contributed by atoms with Gasteiger partial charge in [0.1, 0.15) is 5.75 Å². The molecule has 2 saturated carbocycles. The maximum atomic E-state index is 13.3. The van der Waals surface area contributed by atoms with E-state index in [0.29, 0.717) is 28.4 Å². The lowest BCUT2D eigenvalue weighted by atomic mass is 9.55.